The molecule has 5 nitrogen and oxygen atoms in total. The van der Waals surface area contributed by atoms with Crippen LogP contribution in [0.15, 0.2) is 6.07 Å². The molecule has 1 saturated carbocycles. The Balaban J connectivity index is 1.84. The van der Waals surface area contributed by atoms with Crippen LogP contribution in [0.5, 0.6) is 0 Å². The predicted molar refractivity (Wildman–Crippen MR) is 84.4 cm³/mol. The molecule has 0 saturated heterocycles. The summed E-state index contributed by atoms with van der Waals surface area (Å²) < 4.78 is 0. The second kappa shape index (κ2) is 7.43. The highest BCUT2D eigenvalue weighted by atomic mass is 15.1. The molecule has 0 amide bonds. The van der Waals surface area contributed by atoms with Crippen molar-refractivity contribution < 1.29 is 0 Å². The van der Waals surface area contributed by atoms with Gasteiger partial charge in [0.1, 0.15) is 17.5 Å². The van der Waals surface area contributed by atoms with Crippen LogP contribution < -0.4 is 10.6 Å². The van der Waals surface area contributed by atoms with Crippen molar-refractivity contribution in [1.82, 2.24) is 14.9 Å². The van der Waals surface area contributed by atoms with Crippen molar-refractivity contribution in [3.63, 3.8) is 0 Å². The SMILES string of the molecule is CCN(CC)CCCNc1cc(NC)nc(C2CC2)n1. The Labute approximate surface area is 122 Å². The van der Waals surface area contributed by atoms with Crippen LogP contribution in [0.1, 0.15) is 44.9 Å². The monoisotopic (exact) mass is 277 g/mol. The van der Waals surface area contributed by atoms with Crippen molar-refractivity contribution in [2.45, 2.75) is 39.0 Å². The van der Waals surface area contributed by atoms with E-state index in [2.05, 4.69) is 39.3 Å². The normalized spacial score (nSPS) is 14.6. The quantitative estimate of drug-likeness (QED) is 0.679. The van der Waals surface area contributed by atoms with E-state index in [9.17, 15) is 0 Å². The van der Waals surface area contributed by atoms with E-state index in [1.54, 1.807) is 0 Å². The van der Waals surface area contributed by atoms with E-state index in [0.717, 1.165) is 50.1 Å². The van der Waals surface area contributed by atoms with E-state index >= 15 is 0 Å². The van der Waals surface area contributed by atoms with Crippen LogP contribution in [0.2, 0.25) is 0 Å². The van der Waals surface area contributed by atoms with Crippen LogP contribution >= 0.6 is 0 Å². The third-order valence-corrected chi connectivity index (χ3v) is 3.79. The molecule has 0 unspecified atom stereocenters. The predicted octanol–water partition coefficient (Wildman–Crippen LogP) is 2.54. The fourth-order valence-corrected chi connectivity index (χ4v) is 2.27. The van der Waals surface area contributed by atoms with Crippen LogP contribution in [0.3, 0.4) is 0 Å². The van der Waals surface area contributed by atoms with Crippen LogP contribution in [0.4, 0.5) is 11.6 Å². The van der Waals surface area contributed by atoms with Gasteiger partial charge < -0.3 is 15.5 Å². The van der Waals surface area contributed by atoms with E-state index in [0.29, 0.717) is 5.92 Å². The number of nitrogens with zero attached hydrogens (tertiary/aromatic N) is 3. The molecule has 20 heavy (non-hydrogen) atoms. The number of anilines is 2. The van der Waals surface area contributed by atoms with Crippen molar-refractivity contribution >= 4 is 11.6 Å². The van der Waals surface area contributed by atoms with Crippen LogP contribution in [-0.4, -0.2) is 48.1 Å². The Morgan fingerprint density at radius 1 is 1.20 bits per heavy atom. The molecule has 0 atom stereocenters. The van der Waals surface area contributed by atoms with Gasteiger partial charge in [-0.1, -0.05) is 13.8 Å². The second-order valence-electron chi connectivity index (χ2n) is 5.33. The Bertz CT molecular complexity index is 413. The highest BCUT2D eigenvalue weighted by Gasteiger charge is 2.27. The zero-order chi connectivity index (χ0) is 14.4. The Kier molecular flexibility index (Phi) is 5.59. The minimum Gasteiger partial charge on any atom is -0.373 e. The maximum absolute atomic E-state index is 4.62. The fourth-order valence-electron chi connectivity index (χ4n) is 2.27. The smallest absolute Gasteiger partial charge is 0.136 e. The van der Waals surface area contributed by atoms with Gasteiger partial charge in [0.25, 0.3) is 0 Å². The molecule has 1 aromatic heterocycles. The first kappa shape index (κ1) is 15.0. The first-order valence-corrected chi connectivity index (χ1v) is 7.79. The van der Waals surface area contributed by atoms with Gasteiger partial charge in [0, 0.05) is 25.6 Å². The lowest BCUT2D eigenvalue weighted by Crippen LogP contribution is -2.25. The number of aromatic nitrogens is 2. The van der Waals surface area contributed by atoms with Gasteiger partial charge in [-0.05, 0) is 38.9 Å². The molecule has 0 radical (unpaired) electrons. The highest BCUT2D eigenvalue weighted by Crippen LogP contribution is 2.38. The number of hydrogen-bond donors (Lipinski definition) is 2. The molecular weight excluding hydrogens is 250 g/mol. The lowest BCUT2D eigenvalue weighted by atomic mass is 10.3. The van der Waals surface area contributed by atoms with Crippen molar-refractivity contribution in [3.8, 4) is 0 Å². The van der Waals surface area contributed by atoms with E-state index in [4.69, 9.17) is 0 Å². The van der Waals surface area contributed by atoms with Crippen molar-refractivity contribution in [2.75, 3.05) is 43.9 Å². The van der Waals surface area contributed by atoms with Crippen LogP contribution in [-0.2, 0) is 0 Å². The summed E-state index contributed by atoms with van der Waals surface area (Å²) in [5.41, 5.74) is 0. The van der Waals surface area contributed by atoms with Crippen molar-refractivity contribution in [3.05, 3.63) is 11.9 Å². The minimum atomic E-state index is 0.583. The summed E-state index contributed by atoms with van der Waals surface area (Å²) in [5, 5.41) is 6.55. The first-order chi connectivity index (χ1) is 9.76. The Morgan fingerprint density at radius 3 is 2.50 bits per heavy atom. The third kappa shape index (κ3) is 4.34. The largest absolute Gasteiger partial charge is 0.373 e. The number of rotatable bonds is 9. The summed E-state index contributed by atoms with van der Waals surface area (Å²) in [5.74, 6) is 3.43. The van der Waals surface area contributed by atoms with Gasteiger partial charge in [-0.3, -0.25) is 0 Å². The Hall–Kier alpha value is -1.36. The van der Waals surface area contributed by atoms with Gasteiger partial charge in [0.15, 0.2) is 0 Å². The number of nitrogens with one attached hydrogen (secondary N) is 2. The summed E-state index contributed by atoms with van der Waals surface area (Å²) in [6, 6.07) is 1.99. The summed E-state index contributed by atoms with van der Waals surface area (Å²) in [7, 11) is 1.91. The molecule has 0 aliphatic heterocycles. The molecule has 0 spiro atoms. The van der Waals surface area contributed by atoms with E-state index in [-0.39, 0.29) is 0 Å². The molecule has 1 aliphatic rings. The molecule has 1 aromatic rings. The summed E-state index contributed by atoms with van der Waals surface area (Å²) in [6.45, 7) is 8.77. The highest BCUT2D eigenvalue weighted by molar-refractivity contribution is 5.47. The molecule has 0 aromatic carbocycles. The van der Waals surface area contributed by atoms with Crippen LogP contribution in [0.25, 0.3) is 0 Å². The lowest BCUT2D eigenvalue weighted by molar-refractivity contribution is 0.303. The molecule has 5 heteroatoms. The Morgan fingerprint density at radius 2 is 1.90 bits per heavy atom. The average molecular weight is 277 g/mol. The minimum absolute atomic E-state index is 0.583. The maximum atomic E-state index is 4.62. The van der Waals surface area contributed by atoms with E-state index in [1.165, 1.54) is 12.8 Å². The van der Waals surface area contributed by atoms with Crippen LogP contribution in [0, 0.1) is 0 Å². The molecule has 2 N–H and O–H groups in total. The molecule has 1 heterocycles. The third-order valence-electron chi connectivity index (χ3n) is 3.79. The van der Waals surface area contributed by atoms with Crippen molar-refractivity contribution in [1.29, 1.82) is 0 Å². The van der Waals surface area contributed by atoms with E-state index < -0.39 is 0 Å². The summed E-state index contributed by atoms with van der Waals surface area (Å²) in [6.07, 6.45) is 3.60. The first-order valence-electron chi connectivity index (χ1n) is 7.79. The van der Waals surface area contributed by atoms with Gasteiger partial charge in [-0.2, -0.15) is 0 Å². The summed E-state index contributed by atoms with van der Waals surface area (Å²) >= 11 is 0. The molecule has 1 fully saturated rings. The maximum Gasteiger partial charge on any atom is 0.136 e. The van der Waals surface area contributed by atoms with Crippen molar-refractivity contribution in [2.24, 2.45) is 0 Å². The van der Waals surface area contributed by atoms with Gasteiger partial charge in [0.05, 0.1) is 0 Å². The standard InChI is InChI=1S/C15H27N5/c1-4-20(5-2)10-6-9-17-14-11-13(16-3)18-15(19-14)12-7-8-12/h11-12H,4-10H2,1-3H3,(H2,16,17,18,19). The lowest BCUT2D eigenvalue weighted by Gasteiger charge is -2.18. The second-order valence-corrected chi connectivity index (χ2v) is 5.33. The van der Waals surface area contributed by atoms with Gasteiger partial charge in [-0.15, -0.1) is 0 Å². The van der Waals surface area contributed by atoms with Gasteiger partial charge >= 0.3 is 0 Å². The molecule has 112 valence electrons. The van der Waals surface area contributed by atoms with Gasteiger partial charge in [-0.25, -0.2) is 9.97 Å². The average Bonchev–Trinajstić information content (AvgIpc) is 3.32. The summed E-state index contributed by atoms with van der Waals surface area (Å²) in [4.78, 5) is 11.6. The number of hydrogen-bond acceptors (Lipinski definition) is 5. The fraction of sp³-hybridized carbons (Fsp3) is 0.733. The molecule has 0 bridgehead atoms. The molecule has 1 aliphatic carbocycles. The molecular formula is C15H27N5. The zero-order valence-electron chi connectivity index (χ0n) is 12.9. The zero-order valence-corrected chi connectivity index (χ0v) is 12.9. The molecule has 2 rings (SSSR count). The topological polar surface area (TPSA) is 53.1 Å². The van der Waals surface area contributed by atoms with E-state index in [1.807, 2.05) is 13.1 Å². The van der Waals surface area contributed by atoms with Gasteiger partial charge in [0.2, 0.25) is 0 Å².